The molecule has 3 N–H and O–H groups in total. The van der Waals surface area contributed by atoms with Gasteiger partial charge in [0.1, 0.15) is 12.2 Å². The van der Waals surface area contributed by atoms with Gasteiger partial charge in [-0.2, -0.15) is 16.8 Å². The van der Waals surface area contributed by atoms with Crippen molar-refractivity contribution in [1.82, 2.24) is 0 Å². The first-order valence-electron chi connectivity index (χ1n) is 12.9. The van der Waals surface area contributed by atoms with E-state index in [4.69, 9.17) is 18.8 Å². The molecule has 1 aliphatic heterocycles. The van der Waals surface area contributed by atoms with E-state index in [1.54, 1.807) is 6.08 Å². The maximum atomic E-state index is 12.4. The molecule has 0 radical (unpaired) electrons. The molecule has 1 fully saturated rings. The molecule has 0 aromatic heterocycles. The lowest BCUT2D eigenvalue weighted by atomic mass is 9.99. The van der Waals surface area contributed by atoms with Gasteiger partial charge in [-0.3, -0.25) is 9.11 Å². The number of ether oxygens (including phenoxy) is 3. The Balaban J connectivity index is 2.63. The number of methoxy groups -OCH3 is 1. The average Bonchev–Trinajstić information content (AvgIpc) is 2.82. The minimum absolute atomic E-state index is 0.590. The molecule has 13 nitrogen and oxygen atoms in total. The molecular formula is C23H42O13S2. The molecule has 15 heteroatoms. The quantitative estimate of drug-likeness (QED) is 0.0812. The van der Waals surface area contributed by atoms with Gasteiger partial charge in [-0.25, -0.2) is 13.2 Å². The molecule has 0 unspecified atom stereocenters. The van der Waals surface area contributed by atoms with E-state index >= 15 is 0 Å². The maximum absolute atomic E-state index is 12.4. The first kappa shape index (κ1) is 34.9. The molecule has 0 aromatic carbocycles. The molecule has 1 rings (SSSR count). The molecule has 1 aliphatic rings. The monoisotopic (exact) mass is 590 g/mol. The molecule has 0 bridgehead atoms. The van der Waals surface area contributed by atoms with Gasteiger partial charge in [0.15, 0.2) is 18.5 Å². The van der Waals surface area contributed by atoms with Crippen LogP contribution >= 0.6 is 0 Å². The van der Waals surface area contributed by atoms with Crippen LogP contribution in [0.4, 0.5) is 0 Å². The van der Waals surface area contributed by atoms with Crippen LogP contribution in [0.3, 0.4) is 0 Å². The van der Waals surface area contributed by atoms with E-state index < -0.39 is 64.1 Å². The number of aliphatic hydroxyl groups excluding tert-OH is 1. The number of carbonyl (C=O) groups excluding carboxylic acids is 1. The largest absolute Gasteiger partial charge is 0.451 e. The van der Waals surface area contributed by atoms with Crippen LogP contribution in [0.1, 0.15) is 84.0 Å². The summed E-state index contributed by atoms with van der Waals surface area (Å²) in [5, 5.41) is 9.52. The van der Waals surface area contributed by atoms with Crippen LogP contribution in [0, 0.1) is 0 Å². The Morgan fingerprint density at radius 2 is 1.32 bits per heavy atom. The molecule has 0 saturated carbocycles. The first-order valence-corrected chi connectivity index (χ1v) is 15.6. The van der Waals surface area contributed by atoms with Crippen molar-refractivity contribution >= 4 is 26.8 Å². The van der Waals surface area contributed by atoms with Crippen molar-refractivity contribution in [2.75, 3.05) is 13.7 Å². The number of allylic oxidation sites excluding steroid dienone is 1. The van der Waals surface area contributed by atoms with Crippen LogP contribution < -0.4 is 0 Å². The Hall–Kier alpha value is -1.17. The summed E-state index contributed by atoms with van der Waals surface area (Å²) in [7, 11) is -9.35. The molecule has 5 atom stereocenters. The van der Waals surface area contributed by atoms with Crippen LogP contribution in [0.15, 0.2) is 12.2 Å². The fraction of sp³-hybridized carbons (Fsp3) is 0.870. The zero-order valence-corrected chi connectivity index (χ0v) is 23.6. The molecular weight excluding hydrogens is 548 g/mol. The molecule has 0 aromatic rings. The normalized spacial score (nSPS) is 24.6. The van der Waals surface area contributed by atoms with E-state index in [-0.39, 0.29) is 0 Å². The van der Waals surface area contributed by atoms with Gasteiger partial charge < -0.3 is 19.3 Å². The van der Waals surface area contributed by atoms with Gasteiger partial charge in [0, 0.05) is 13.2 Å². The van der Waals surface area contributed by atoms with Gasteiger partial charge in [-0.1, -0.05) is 77.2 Å². The van der Waals surface area contributed by atoms with E-state index in [1.165, 1.54) is 44.9 Å². The first-order chi connectivity index (χ1) is 17.9. The van der Waals surface area contributed by atoms with Gasteiger partial charge in [0.2, 0.25) is 0 Å². The van der Waals surface area contributed by atoms with Crippen LogP contribution in [0.5, 0.6) is 0 Å². The summed E-state index contributed by atoms with van der Waals surface area (Å²) >= 11 is 0. The number of unbranched alkanes of at least 4 members (excludes halogenated alkanes) is 11. The topological polar surface area (TPSA) is 192 Å². The molecule has 0 aliphatic carbocycles. The summed E-state index contributed by atoms with van der Waals surface area (Å²) in [5.74, 6) is -0.958. The summed E-state index contributed by atoms with van der Waals surface area (Å²) in [6, 6.07) is 0. The standard InChI is InChI=1S/C23H42O13S2/c1-3-4-5-6-7-8-9-10-11-12-13-14-15-16-19(25)34-22-21(36-38(29,30)31)20(35-37(26,27)28)18(17-24)33-23(22)32-2/h15-16,18,20-24H,3-14,17H2,1-2H3,(H,26,27,28)(H,29,30,31)/b16-15+/t18-,20+,21+,22-,23+/m1/s1. The number of carbonyl (C=O) groups is 1. The van der Waals surface area contributed by atoms with E-state index in [0.29, 0.717) is 6.42 Å². The second-order valence-corrected chi connectivity index (χ2v) is 11.2. The van der Waals surface area contributed by atoms with Gasteiger partial charge in [0.25, 0.3) is 0 Å². The van der Waals surface area contributed by atoms with Crippen LogP contribution in [0.25, 0.3) is 0 Å². The number of hydrogen-bond donors (Lipinski definition) is 3. The van der Waals surface area contributed by atoms with E-state index in [0.717, 1.165) is 38.9 Å². The maximum Gasteiger partial charge on any atom is 0.397 e. The highest BCUT2D eigenvalue weighted by Crippen LogP contribution is 2.30. The summed E-state index contributed by atoms with van der Waals surface area (Å²) in [6.07, 6.45) is 7.27. The Morgan fingerprint density at radius 3 is 1.79 bits per heavy atom. The van der Waals surface area contributed by atoms with Gasteiger partial charge in [-0.05, 0) is 12.8 Å². The number of rotatable bonds is 20. The highest BCUT2D eigenvalue weighted by molar-refractivity contribution is 7.81. The lowest BCUT2D eigenvalue weighted by Crippen LogP contribution is -2.62. The Labute approximate surface area is 225 Å². The Bertz CT molecular complexity index is 904. The molecule has 38 heavy (non-hydrogen) atoms. The predicted molar refractivity (Wildman–Crippen MR) is 136 cm³/mol. The second-order valence-electron chi connectivity index (χ2n) is 9.07. The second kappa shape index (κ2) is 18.2. The summed E-state index contributed by atoms with van der Waals surface area (Å²) in [4.78, 5) is 12.4. The van der Waals surface area contributed by atoms with Crippen molar-refractivity contribution in [2.45, 2.75) is 115 Å². The Kier molecular flexibility index (Phi) is 16.7. The smallest absolute Gasteiger partial charge is 0.397 e. The summed E-state index contributed by atoms with van der Waals surface area (Å²) in [5.41, 5.74) is 0. The van der Waals surface area contributed by atoms with Crippen molar-refractivity contribution < 1.29 is 58.4 Å². The van der Waals surface area contributed by atoms with Gasteiger partial charge in [0.05, 0.1) is 6.61 Å². The SMILES string of the molecule is CCCCCCCCCCCCC/C=C/C(=O)O[C@H]1[C@@H](OC)O[C@H](CO)[C@H](OS(=O)(=O)O)[C@@H]1OS(=O)(=O)O. The minimum Gasteiger partial charge on any atom is -0.451 e. The van der Waals surface area contributed by atoms with Gasteiger partial charge in [-0.15, -0.1) is 0 Å². The van der Waals surface area contributed by atoms with E-state index in [2.05, 4.69) is 15.3 Å². The number of hydrogen-bond acceptors (Lipinski definition) is 11. The van der Waals surface area contributed by atoms with Crippen molar-refractivity contribution in [3.63, 3.8) is 0 Å². The fourth-order valence-electron chi connectivity index (χ4n) is 4.13. The number of aliphatic hydroxyl groups is 1. The zero-order valence-electron chi connectivity index (χ0n) is 22.0. The fourth-order valence-corrected chi connectivity index (χ4v) is 5.14. The van der Waals surface area contributed by atoms with Crippen molar-refractivity contribution in [2.24, 2.45) is 0 Å². The van der Waals surface area contributed by atoms with E-state index in [9.17, 15) is 31.3 Å². The Morgan fingerprint density at radius 1 is 0.816 bits per heavy atom. The summed E-state index contributed by atoms with van der Waals surface area (Å²) < 4.78 is 88.0. The third-order valence-corrected chi connectivity index (χ3v) is 6.88. The van der Waals surface area contributed by atoms with Crippen molar-refractivity contribution in [1.29, 1.82) is 0 Å². The summed E-state index contributed by atoms with van der Waals surface area (Å²) in [6.45, 7) is 1.28. The third kappa shape index (κ3) is 14.8. The zero-order chi connectivity index (χ0) is 28.6. The predicted octanol–water partition coefficient (Wildman–Crippen LogP) is 2.90. The third-order valence-electron chi connectivity index (χ3n) is 5.95. The molecule has 0 amide bonds. The highest BCUT2D eigenvalue weighted by Gasteiger charge is 2.53. The van der Waals surface area contributed by atoms with Crippen LogP contribution in [0.2, 0.25) is 0 Å². The minimum atomic E-state index is -5.24. The lowest BCUT2D eigenvalue weighted by molar-refractivity contribution is -0.289. The van der Waals surface area contributed by atoms with Crippen LogP contribution in [-0.2, 0) is 48.2 Å². The molecule has 0 spiro atoms. The molecule has 224 valence electrons. The molecule has 1 heterocycles. The highest BCUT2D eigenvalue weighted by atomic mass is 32.3. The van der Waals surface area contributed by atoms with E-state index in [1.807, 2.05) is 0 Å². The average molecular weight is 591 g/mol. The molecule has 1 saturated heterocycles. The number of esters is 1. The van der Waals surface area contributed by atoms with Gasteiger partial charge >= 0.3 is 26.8 Å². The van der Waals surface area contributed by atoms with Crippen LogP contribution in [-0.4, -0.2) is 81.4 Å². The van der Waals surface area contributed by atoms with Crippen molar-refractivity contribution in [3.05, 3.63) is 12.2 Å². The van der Waals surface area contributed by atoms with Crippen molar-refractivity contribution in [3.8, 4) is 0 Å². The lowest BCUT2D eigenvalue weighted by Gasteiger charge is -2.42.